The fraction of sp³-hybridized carbons (Fsp3) is 0.0588. The zero-order chi connectivity index (χ0) is 15.2. The number of nitrogens with zero attached hydrogens (tertiary/aromatic N) is 4. The zero-order valence-corrected chi connectivity index (χ0v) is 12.0. The van der Waals surface area contributed by atoms with Gasteiger partial charge in [0, 0.05) is 48.5 Å². The molecule has 1 N–H and O–H groups in total. The number of aromatic nitrogens is 4. The summed E-state index contributed by atoms with van der Waals surface area (Å²) in [4.78, 5) is 17.3. The summed E-state index contributed by atoms with van der Waals surface area (Å²) >= 11 is 0. The first-order valence-corrected chi connectivity index (χ1v) is 6.91. The Morgan fingerprint density at radius 2 is 1.86 bits per heavy atom. The van der Waals surface area contributed by atoms with Crippen molar-refractivity contribution in [3.8, 4) is 22.6 Å². The van der Waals surface area contributed by atoms with Gasteiger partial charge in [-0.2, -0.15) is 0 Å². The fourth-order valence-corrected chi connectivity index (χ4v) is 2.01. The van der Waals surface area contributed by atoms with Gasteiger partial charge in [-0.1, -0.05) is 6.08 Å². The second-order valence-corrected chi connectivity index (χ2v) is 4.61. The Balaban J connectivity index is 2.08. The molecule has 0 aliphatic carbocycles. The van der Waals surface area contributed by atoms with Crippen LogP contribution in [0.4, 0.5) is 5.82 Å². The second kappa shape index (κ2) is 6.58. The molecule has 0 spiro atoms. The van der Waals surface area contributed by atoms with Crippen LogP contribution in [0.25, 0.3) is 22.6 Å². The van der Waals surface area contributed by atoms with E-state index in [0.717, 1.165) is 22.6 Å². The highest BCUT2D eigenvalue weighted by Gasteiger charge is 2.08. The van der Waals surface area contributed by atoms with Crippen molar-refractivity contribution in [1.29, 1.82) is 0 Å². The van der Waals surface area contributed by atoms with Crippen molar-refractivity contribution in [3.05, 3.63) is 67.8 Å². The molecule has 5 heteroatoms. The van der Waals surface area contributed by atoms with Gasteiger partial charge in [0.15, 0.2) is 5.82 Å². The molecule has 0 bridgehead atoms. The van der Waals surface area contributed by atoms with E-state index < -0.39 is 0 Å². The van der Waals surface area contributed by atoms with Crippen LogP contribution in [0, 0.1) is 0 Å². The van der Waals surface area contributed by atoms with Gasteiger partial charge in [-0.05, 0) is 24.3 Å². The highest BCUT2D eigenvalue weighted by molar-refractivity contribution is 5.66. The lowest BCUT2D eigenvalue weighted by molar-refractivity contribution is 1.14. The van der Waals surface area contributed by atoms with Crippen molar-refractivity contribution in [2.75, 3.05) is 11.9 Å². The minimum absolute atomic E-state index is 0.633. The molecular formula is C17H15N5. The Morgan fingerprint density at radius 3 is 2.59 bits per heavy atom. The predicted octanol–water partition coefficient (Wildman–Crippen LogP) is 3.20. The van der Waals surface area contributed by atoms with Gasteiger partial charge in [-0.25, -0.2) is 9.97 Å². The van der Waals surface area contributed by atoms with Gasteiger partial charge in [-0.15, -0.1) is 6.58 Å². The molecule has 0 radical (unpaired) electrons. The van der Waals surface area contributed by atoms with Crippen LogP contribution in [-0.4, -0.2) is 26.5 Å². The van der Waals surface area contributed by atoms with E-state index in [2.05, 4.69) is 31.8 Å². The van der Waals surface area contributed by atoms with Crippen molar-refractivity contribution in [2.45, 2.75) is 0 Å². The van der Waals surface area contributed by atoms with Gasteiger partial charge < -0.3 is 5.32 Å². The van der Waals surface area contributed by atoms with Gasteiger partial charge in [0.2, 0.25) is 0 Å². The summed E-state index contributed by atoms with van der Waals surface area (Å²) in [5.41, 5.74) is 2.70. The third-order valence-electron chi connectivity index (χ3n) is 3.05. The topological polar surface area (TPSA) is 63.6 Å². The van der Waals surface area contributed by atoms with E-state index in [4.69, 9.17) is 0 Å². The number of hydrogen-bond donors (Lipinski definition) is 1. The Bertz CT molecular complexity index is 699. The summed E-state index contributed by atoms with van der Waals surface area (Å²) in [6.07, 6.45) is 8.77. The average molecular weight is 289 g/mol. The van der Waals surface area contributed by atoms with E-state index in [9.17, 15) is 0 Å². The molecule has 0 fully saturated rings. The summed E-state index contributed by atoms with van der Waals surface area (Å²) in [5.74, 6) is 1.38. The highest BCUT2D eigenvalue weighted by Crippen LogP contribution is 2.23. The number of rotatable bonds is 5. The maximum atomic E-state index is 4.64. The molecule has 3 rings (SSSR count). The maximum Gasteiger partial charge on any atom is 0.163 e. The molecule has 3 heterocycles. The molecule has 3 aromatic rings. The van der Waals surface area contributed by atoms with Crippen LogP contribution >= 0.6 is 0 Å². The summed E-state index contributed by atoms with van der Waals surface area (Å²) < 4.78 is 0. The molecule has 0 unspecified atom stereocenters. The Kier molecular flexibility index (Phi) is 4.15. The third-order valence-corrected chi connectivity index (χ3v) is 3.05. The summed E-state index contributed by atoms with van der Waals surface area (Å²) in [6, 6.07) is 9.57. The molecule has 0 saturated carbocycles. The van der Waals surface area contributed by atoms with Crippen molar-refractivity contribution < 1.29 is 0 Å². The van der Waals surface area contributed by atoms with E-state index in [1.165, 1.54) is 0 Å². The third kappa shape index (κ3) is 3.15. The SMILES string of the molecule is C=CCNc1cc(-c2ccncc2)nc(-c2cccnc2)n1. The lowest BCUT2D eigenvalue weighted by atomic mass is 10.1. The molecule has 0 saturated heterocycles. The second-order valence-electron chi connectivity index (χ2n) is 4.61. The quantitative estimate of drug-likeness (QED) is 0.731. The molecule has 5 nitrogen and oxygen atoms in total. The van der Waals surface area contributed by atoms with Crippen LogP contribution in [-0.2, 0) is 0 Å². The molecule has 3 aromatic heterocycles. The molecule has 108 valence electrons. The number of hydrogen-bond acceptors (Lipinski definition) is 5. The molecular weight excluding hydrogens is 274 g/mol. The van der Waals surface area contributed by atoms with Gasteiger partial charge >= 0.3 is 0 Å². The Hall–Kier alpha value is -3.08. The zero-order valence-electron chi connectivity index (χ0n) is 12.0. The van der Waals surface area contributed by atoms with Gasteiger partial charge in [0.05, 0.1) is 5.69 Å². The van der Waals surface area contributed by atoms with Crippen molar-refractivity contribution in [1.82, 2.24) is 19.9 Å². The minimum Gasteiger partial charge on any atom is -0.366 e. The van der Waals surface area contributed by atoms with Crippen LogP contribution in [0.3, 0.4) is 0 Å². The average Bonchev–Trinajstić information content (AvgIpc) is 2.61. The normalized spacial score (nSPS) is 10.2. The maximum absolute atomic E-state index is 4.64. The van der Waals surface area contributed by atoms with Crippen LogP contribution < -0.4 is 5.32 Å². The highest BCUT2D eigenvalue weighted by atomic mass is 15.0. The molecule has 0 aromatic carbocycles. The molecule has 22 heavy (non-hydrogen) atoms. The van der Waals surface area contributed by atoms with E-state index >= 15 is 0 Å². The van der Waals surface area contributed by atoms with Gasteiger partial charge in [0.25, 0.3) is 0 Å². The van der Waals surface area contributed by atoms with Crippen LogP contribution in [0.5, 0.6) is 0 Å². The Labute approximate surface area is 128 Å². The first kappa shape index (κ1) is 13.9. The van der Waals surface area contributed by atoms with Crippen molar-refractivity contribution in [3.63, 3.8) is 0 Å². The monoisotopic (exact) mass is 289 g/mol. The summed E-state index contributed by atoms with van der Waals surface area (Å²) in [5, 5.41) is 3.21. The van der Waals surface area contributed by atoms with Crippen molar-refractivity contribution in [2.24, 2.45) is 0 Å². The first-order chi connectivity index (χ1) is 10.9. The number of anilines is 1. The summed E-state index contributed by atoms with van der Waals surface area (Å²) in [7, 11) is 0. The van der Waals surface area contributed by atoms with Gasteiger partial charge in [0.1, 0.15) is 5.82 Å². The smallest absolute Gasteiger partial charge is 0.163 e. The van der Waals surface area contributed by atoms with Crippen LogP contribution in [0.2, 0.25) is 0 Å². The molecule has 0 aliphatic heterocycles. The molecule has 0 aliphatic rings. The van der Waals surface area contributed by atoms with E-state index in [1.54, 1.807) is 30.9 Å². The van der Waals surface area contributed by atoms with E-state index in [-0.39, 0.29) is 0 Å². The minimum atomic E-state index is 0.633. The number of pyridine rings is 2. The van der Waals surface area contributed by atoms with E-state index in [0.29, 0.717) is 12.4 Å². The van der Waals surface area contributed by atoms with Crippen molar-refractivity contribution >= 4 is 5.82 Å². The lowest BCUT2D eigenvalue weighted by Crippen LogP contribution is -2.03. The lowest BCUT2D eigenvalue weighted by Gasteiger charge is -2.09. The molecule has 0 amide bonds. The Morgan fingerprint density at radius 1 is 1.00 bits per heavy atom. The van der Waals surface area contributed by atoms with Crippen LogP contribution in [0.1, 0.15) is 0 Å². The fourth-order valence-electron chi connectivity index (χ4n) is 2.01. The summed E-state index contributed by atoms with van der Waals surface area (Å²) in [6.45, 7) is 4.35. The standard InChI is InChI=1S/C17H15N5/c1-2-7-20-16-11-15(13-5-9-18-10-6-13)21-17(22-16)14-4-3-8-19-12-14/h2-6,8-12H,1,7H2,(H,20,21,22). The van der Waals surface area contributed by atoms with E-state index in [1.807, 2.05) is 30.3 Å². The first-order valence-electron chi connectivity index (χ1n) is 6.91. The largest absolute Gasteiger partial charge is 0.366 e. The number of nitrogens with one attached hydrogen (secondary N) is 1. The van der Waals surface area contributed by atoms with Gasteiger partial charge in [-0.3, -0.25) is 9.97 Å². The molecule has 0 atom stereocenters. The van der Waals surface area contributed by atoms with Crippen LogP contribution in [0.15, 0.2) is 67.8 Å². The predicted molar refractivity (Wildman–Crippen MR) is 87.2 cm³/mol.